The highest BCUT2D eigenvalue weighted by molar-refractivity contribution is 7.14. The largest absolute Gasteiger partial charge is 0.495 e. The number of nitrogens with zero attached hydrogens (tertiary/aromatic N) is 2. The molecule has 0 bridgehead atoms. The molecule has 2 aromatic heterocycles. The molecular formula is C19H23N3O4S. The number of nitrogens with one attached hydrogen (secondary N) is 1. The number of aryl methyl sites for hydroxylation is 1. The molecule has 0 spiro atoms. The average molecular weight is 389 g/mol. The van der Waals surface area contributed by atoms with Crippen molar-refractivity contribution < 1.29 is 19.1 Å². The summed E-state index contributed by atoms with van der Waals surface area (Å²) in [4.78, 5) is 32.7. The van der Waals surface area contributed by atoms with Gasteiger partial charge in [-0.1, -0.05) is 6.07 Å². The fourth-order valence-electron chi connectivity index (χ4n) is 3.00. The van der Waals surface area contributed by atoms with Gasteiger partial charge in [0.1, 0.15) is 10.6 Å². The SMILES string of the molecule is COc1cc(C)sc1C(=O)N1CCOCC1CC(=O)NCc1cccnc1. The lowest BCUT2D eigenvalue weighted by atomic mass is 10.1. The van der Waals surface area contributed by atoms with Gasteiger partial charge in [0.05, 0.1) is 26.4 Å². The molecule has 2 aromatic rings. The van der Waals surface area contributed by atoms with Crippen molar-refractivity contribution >= 4 is 23.2 Å². The van der Waals surface area contributed by atoms with Gasteiger partial charge in [-0.2, -0.15) is 0 Å². The normalized spacial score (nSPS) is 16.8. The summed E-state index contributed by atoms with van der Waals surface area (Å²) >= 11 is 1.40. The lowest BCUT2D eigenvalue weighted by Crippen LogP contribution is -2.50. The molecule has 1 aliphatic rings. The number of rotatable bonds is 6. The van der Waals surface area contributed by atoms with Gasteiger partial charge in [0.25, 0.3) is 5.91 Å². The van der Waals surface area contributed by atoms with Gasteiger partial charge in [0.15, 0.2) is 0 Å². The molecule has 0 radical (unpaired) electrons. The average Bonchev–Trinajstić information content (AvgIpc) is 3.08. The minimum Gasteiger partial charge on any atom is -0.495 e. The summed E-state index contributed by atoms with van der Waals surface area (Å²) in [5.74, 6) is 0.341. The predicted octanol–water partition coefficient (Wildman–Crippen LogP) is 2.01. The smallest absolute Gasteiger partial charge is 0.268 e. The van der Waals surface area contributed by atoms with Gasteiger partial charge in [-0.25, -0.2) is 0 Å². The molecule has 1 aliphatic heterocycles. The minimum atomic E-state index is -0.299. The van der Waals surface area contributed by atoms with E-state index in [0.717, 1.165) is 10.4 Å². The van der Waals surface area contributed by atoms with E-state index in [1.807, 2.05) is 25.1 Å². The molecule has 1 unspecified atom stereocenters. The Hall–Kier alpha value is -2.45. The standard InChI is InChI=1S/C19H23N3O4S/c1-13-8-16(25-2)18(27-13)19(24)22-6-7-26-12-15(22)9-17(23)21-11-14-4-3-5-20-10-14/h3-5,8,10,15H,6-7,9,11-12H2,1-2H3,(H,21,23). The van der Waals surface area contributed by atoms with Crippen LogP contribution in [0, 0.1) is 6.92 Å². The maximum Gasteiger partial charge on any atom is 0.268 e. The van der Waals surface area contributed by atoms with Crippen LogP contribution in [0.1, 0.15) is 26.5 Å². The maximum absolute atomic E-state index is 13.0. The molecule has 1 fully saturated rings. The maximum atomic E-state index is 13.0. The first-order valence-corrected chi connectivity index (χ1v) is 9.59. The minimum absolute atomic E-state index is 0.113. The second-order valence-corrected chi connectivity index (χ2v) is 7.58. The van der Waals surface area contributed by atoms with Crippen molar-refractivity contribution in [3.63, 3.8) is 0 Å². The van der Waals surface area contributed by atoms with Crippen LogP contribution in [0.5, 0.6) is 5.75 Å². The van der Waals surface area contributed by atoms with Gasteiger partial charge in [-0.15, -0.1) is 11.3 Å². The topological polar surface area (TPSA) is 80.8 Å². The molecule has 0 aromatic carbocycles. The first-order valence-electron chi connectivity index (χ1n) is 8.77. The van der Waals surface area contributed by atoms with Gasteiger partial charge in [0, 0.05) is 36.8 Å². The highest BCUT2D eigenvalue weighted by atomic mass is 32.1. The van der Waals surface area contributed by atoms with E-state index in [2.05, 4.69) is 10.3 Å². The summed E-state index contributed by atoms with van der Waals surface area (Å²) in [5, 5.41) is 2.88. The van der Waals surface area contributed by atoms with Crippen LogP contribution in [-0.2, 0) is 16.1 Å². The summed E-state index contributed by atoms with van der Waals surface area (Å²) in [6.45, 7) is 3.61. The fraction of sp³-hybridized carbons (Fsp3) is 0.421. The van der Waals surface area contributed by atoms with E-state index >= 15 is 0 Å². The van der Waals surface area contributed by atoms with E-state index in [1.165, 1.54) is 11.3 Å². The second-order valence-electron chi connectivity index (χ2n) is 6.32. The van der Waals surface area contributed by atoms with Crippen molar-refractivity contribution in [3.8, 4) is 5.75 Å². The van der Waals surface area contributed by atoms with Gasteiger partial charge < -0.3 is 19.7 Å². The molecule has 0 aliphatic carbocycles. The molecule has 7 nitrogen and oxygen atoms in total. The quantitative estimate of drug-likeness (QED) is 0.817. The highest BCUT2D eigenvalue weighted by Gasteiger charge is 2.32. The summed E-state index contributed by atoms with van der Waals surface area (Å²) < 4.78 is 10.8. The molecule has 0 saturated carbocycles. The van der Waals surface area contributed by atoms with Gasteiger partial charge >= 0.3 is 0 Å². The third kappa shape index (κ3) is 4.84. The van der Waals surface area contributed by atoms with E-state index in [1.54, 1.807) is 24.4 Å². The summed E-state index contributed by atoms with van der Waals surface area (Å²) in [7, 11) is 1.56. The van der Waals surface area contributed by atoms with E-state index < -0.39 is 0 Å². The molecule has 3 rings (SSSR count). The first kappa shape index (κ1) is 19.3. The van der Waals surface area contributed by atoms with Crippen molar-refractivity contribution in [2.45, 2.75) is 25.9 Å². The highest BCUT2D eigenvalue weighted by Crippen LogP contribution is 2.31. The molecular weight excluding hydrogens is 366 g/mol. The molecule has 3 heterocycles. The Morgan fingerprint density at radius 1 is 1.48 bits per heavy atom. The molecule has 1 saturated heterocycles. The van der Waals surface area contributed by atoms with Crippen LogP contribution in [0.25, 0.3) is 0 Å². The third-order valence-electron chi connectivity index (χ3n) is 4.36. The molecule has 144 valence electrons. The van der Waals surface area contributed by atoms with Crippen LogP contribution in [-0.4, -0.2) is 54.6 Å². The summed E-state index contributed by atoms with van der Waals surface area (Å²) in [6.07, 6.45) is 3.60. The molecule has 1 atom stereocenters. The number of carbonyl (C=O) groups is 2. The number of amides is 2. The first-order chi connectivity index (χ1) is 13.1. The number of thiophene rings is 1. The molecule has 2 amide bonds. The Morgan fingerprint density at radius 3 is 3.07 bits per heavy atom. The van der Waals surface area contributed by atoms with Crippen molar-refractivity contribution in [3.05, 3.63) is 45.9 Å². The number of morpholine rings is 1. The summed E-state index contributed by atoms with van der Waals surface area (Å²) in [6, 6.07) is 5.28. The summed E-state index contributed by atoms with van der Waals surface area (Å²) in [5.41, 5.74) is 0.928. The van der Waals surface area contributed by atoms with Crippen LogP contribution in [0.15, 0.2) is 30.6 Å². The Labute approximate surface area is 162 Å². The van der Waals surface area contributed by atoms with Crippen molar-refractivity contribution in [2.75, 3.05) is 26.9 Å². The number of hydrogen-bond donors (Lipinski definition) is 1. The Balaban J connectivity index is 1.64. The fourth-order valence-corrected chi connectivity index (χ4v) is 3.94. The molecule has 1 N–H and O–H groups in total. The van der Waals surface area contributed by atoms with Crippen molar-refractivity contribution in [1.29, 1.82) is 0 Å². The number of ether oxygens (including phenoxy) is 2. The van der Waals surface area contributed by atoms with Crippen molar-refractivity contribution in [1.82, 2.24) is 15.2 Å². The molecule has 8 heteroatoms. The number of aromatic nitrogens is 1. The van der Waals surface area contributed by atoms with E-state index in [-0.39, 0.29) is 24.3 Å². The zero-order valence-corrected chi connectivity index (χ0v) is 16.3. The van der Waals surface area contributed by atoms with Crippen LogP contribution in [0.4, 0.5) is 0 Å². The number of pyridine rings is 1. The van der Waals surface area contributed by atoms with E-state index in [0.29, 0.717) is 36.9 Å². The lowest BCUT2D eigenvalue weighted by Gasteiger charge is -2.35. The third-order valence-corrected chi connectivity index (χ3v) is 5.38. The van der Waals surface area contributed by atoms with Crippen LogP contribution in [0.2, 0.25) is 0 Å². The predicted molar refractivity (Wildman–Crippen MR) is 102 cm³/mol. The van der Waals surface area contributed by atoms with Crippen LogP contribution >= 0.6 is 11.3 Å². The zero-order chi connectivity index (χ0) is 19.2. The van der Waals surface area contributed by atoms with Crippen molar-refractivity contribution in [2.24, 2.45) is 0 Å². The van der Waals surface area contributed by atoms with E-state index in [9.17, 15) is 9.59 Å². The lowest BCUT2D eigenvalue weighted by molar-refractivity contribution is -0.123. The number of hydrogen-bond acceptors (Lipinski definition) is 6. The molecule has 27 heavy (non-hydrogen) atoms. The second kappa shape index (κ2) is 8.96. The Kier molecular flexibility index (Phi) is 6.41. The van der Waals surface area contributed by atoms with Crippen LogP contribution < -0.4 is 10.1 Å². The Bertz CT molecular complexity index is 794. The van der Waals surface area contributed by atoms with Gasteiger partial charge in [-0.05, 0) is 24.6 Å². The van der Waals surface area contributed by atoms with Crippen LogP contribution in [0.3, 0.4) is 0 Å². The Morgan fingerprint density at radius 2 is 2.33 bits per heavy atom. The monoisotopic (exact) mass is 389 g/mol. The van der Waals surface area contributed by atoms with Gasteiger partial charge in [-0.3, -0.25) is 14.6 Å². The number of methoxy groups -OCH3 is 1. The van der Waals surface area contributed by atoms with Gasteiger partial charge in [0.2, 0.25) is 5.91 Å². The zero-order valence-electron chi connectivity index (χ0n) is 15.4. The number of carbonyl (C=O) groups excluding carboxylic acids is 2. The van der Waals surface area contributed by atoms with E-state index in [4.69, 9.17) is 9.47 Å².